The maximum absolute atomic E-state index is 11.7. The minimum absolute atomic E-state index is 0.0306. The van der Waals surface area contributed by atoms with Crippen molar-refractivity contribution in [3.8, 4) is 11.5 Å². The fourth-order valence-electron chi connectivity index (χ4n) is 1.49. The van der Waals surface area contributed by atoms with Crippen LogP contribution in [0.15, 0.2) is 18.2 Å². The van der Waals surface area contributed by atoms with Crippen molar-refractivity contribution in [2.45, 2.75) is 20.0 Å². The summed E-state index contributed by atoms with van der Waals surface area (Å²) < 4.78 is 15.8. The highest BCUT2D eigenvalue weighted by Crippen LogP contribution is 2.29. The number of aliphatic hydroxyl groups is 1. The number of benzene rings is 1. The SMILES string of the molecule is CCOC(=O)c1ccc(OCC)c(OCC(O)CN)c1. The van der Waals surface area contributed by atoms with Gasteiger partial charge in [0.05, 0.1) is 18.8 Å². The van der Waals surface area contributed by atoms with Crippen molar-refractivity contribution in [1.82, 2.24) is 0 Å². The lowest BCUT2D eigenvalue weighted by molar-refractivity contribution is 0.0525. The Morgan fingerprint density at radius 3 is 2.60 bits per heavy atom. The minimum Gasteiger partial charge on any atom is -0.490 e. The third kappa shape index (κ3) is 4.71. The van der Waals surface area contributed by atoms with E-state index in [1.165, 1.54) is 6.07 Å². The van der Waals surface area contributed by atoms with Gasteiger partial charge in [-0.05, 0) is 32.0 Å². The molecule has 0 aliphatic carbocycles. The fourth-order valence-corrected chi connectivity index (χ4v) is 1.49. The van der Waals surface area contributed by atoms with Crippen LogP contribution in [0.1, 0.15) is 24.2 Å². The van der Waals surface area contributed by atoms with Crippen LogP contribution in [0.4, 0.5) is 0 Å². The van der Waals surface area contributed by atoms with Crippen molar-refractivity contribution in [2.75, 3.05) is 26.4 Å². The van der Waals surface area contributed by atoms with Crippen molar-refractivity contribution < 1.29 is 24.1 Å². The number of nitrogens with two attached hydrogens (primary N) is 1. The Kier molecular flexibility index (Phi) is 6.83. The number of carbonyl (C=O) groups is 1. The fraction of sp³-hybridized carbons (Fsp3) is 0.500. The van der Waals surface area contributed by atoms with E-state index in [9.17, 15) is 9.90 Å². The van der Waals surface area contributed by atoms with Gasteiger partial charge in [0.1, 0.15) is 12.7 Å². The quantitative estimate of drug-likeness (QED) is 0.691. The van der Waals surface area contributed by atoms with Crippen LogP contribution in [-0.2, 0) is 4.74 Å². The average molecular weight is 283 g/mol. The van der Waals surface area contributed by atoms with Gasteiger partial charge < -0.3 is 25.1 Å². The minimum atomic E-state index is -0.768. The highest BCUT2D eigenvalue weighted by atomic mass is 16.5. The lowest BCUT2D eigenvalue weighted by Gasteiger charge is -2.15. The Bertz CT molecular complexity index is 436. The third-order valence-electron chi connectivity index (χ3n) is 2.46. The van der Waals surface area contributed by atoms with Crippen LogP contribution in [0, 0.1) is 0 Å². The Morgan fingerprint density at radius 2 is 2.00 bits per heavy atom. The molecular formula is C14H21NO5. The second-order valence-electron chi connectivity index (χ2n) is 4.02. The monoisotopic (exact) mass is 283 g/mol. The summed E-state index contributed by atoms with van der Waals surface area (Å²) in [6, 6.07) is 4.78. The molecule has 20 heavy (non-hydrogen) atoms. The Labute approximate surface area is 118 Å². The van der Waals surface area contributed by atoms with Gasteiger partial charge in [-0.15, -0.1) is 0 Å². The summed E-state index contributed by atoms with van der Waals surface area (Å²) >= 11 is 0. The zero-order valence-corrected chi connectivity index (χ0v) is 11.8. The summed E-state index contributed by atoms with van der Waals surface area (Å²) in [6.07, 6.45) is -0.768. The van der Waals surface area contributed by atoms with Crippen LogP contribution in [0.2, 0.25) is 0 Å². The highest BCUT2D eigenvalue weighted by Gasteiger charge is 2.13. The molecule has 0 bridgehead atoms. The molecule has 0 aromatic heterocycles. The molecule has 6 nitrogen and oxygen atoms in total. The maximum Gasteiger partial charge on any atom is 0.338 e. The second kappa shape index (κ2) is 8.39. The first kappa shape index (κ1) is 16.3. The summed E-state index contributed by atoms with van der Waals surface area (Å²) in [6.45, 7) is 4.48. The van der Waals surface area contributed by atoms with Crippen molar-refractivity contribution in [3.63, 3.8) is 0 Å². The first-order valence-electron chi connectivity index (χ1n) is 6.57. The maximum atomic E-state index is 11.7. The zero-order chi connectivity index (χ0) is 15.0. The largest absolute Gasteiger partial charge is 0.490 e. The molecule has 1 aromatic rings. The molecule has 0 saturated heterocycles. The van der Waals surface area contributed by atoms with Crippen LogP contribution in [-0.4, -0.2) is 43.5 Å². The van der Waals surface area contributed by atoms with E-state index in [4.69, 9.17) is 19.9 Å². The molecule has 0 amide bonds. The van der Waals surface area contributed by atoms with Crippen molar-refractivity contribution in [3.05, 3.63) is 23.8 Å². The van der Waals surface area contributed by atoms with Gasteiger partial charge in [-0.25, -0.2) is 4.79 Å². The zero-order valence-electron chi connectivity index (χ0n) is 11.8. The summed E-state index contributed by atoms with van der Waals surface area (Å²) in [4.78, 5) is 11.7. The van der Waals surface area contributed by atoms with Gasteiger partial charge in [0.15, 0.2) is 11.5 Å². The molecule has 0 aliphatic heterocycles. The molecule has 0 spiro atoms. The molecule has 6 heteroatoms. The first-order valence-corrected chi connectivity index (χ1v) is 6.57. The molecule has 1 rings (SSSR count). The smallest absolute Gasteiger partial charge is 0.338 e. The molecule has 0 radical (unpaired) electrons. The molecule has 0 fully saturated rings. The van der Waals surface area contributed by atoms with Crippen molar-refractivity contribution in [1.29, 1.82) is 0 Å². The number of esters is 1. The van der Waals surface area contributed by atoms with Crippen LogP contribution in [0.5, 0.6) is 11.5 Å². The molecule has 0 saturated carbocycles. The Hall–Kier alpha value is -1.79. The van der Waals surface area contributed by atoms with E-state index in [-0.39, 0.29) is 13.2 Å². The molecule has 1 atom stereocenters. The number of rotatable bonds is 8. The van der Waals surface area contributed by atoms with E-state index in [0.29, 0.717) is 30.3 Å². The van der Waals surface area contributed by atoms with Crippen LogP contribution in [0.3, 0.4) is 0 Å². The van der Waals surface area contributed by atoms with Crippen molar-refractivity contribution >= 4 is 5.97 Å². The van der Waals surface area contributed by atoms with E-state index in [1.54, 1.807) is 19.1 Å². The summed E-state index contributed by atoms with van der Waals surface area (Å²) in [7, 11) is 0. The van der Waals surface area contributed by atoms with Gasteiger partial charge in [-0.2, -0.15) is 0 Å². The molecule has 3 N–H and O–H groups in total. The Morgan fingerprint density at radius 1 is 1.25 bits per heavy atom. The Balaban J connectivity index is 2.90. The molecule has 112 valence electrons. The van der Waals surface area contributed by atoms with Gasteiger partial charge in [0.2, 0.25) is 0 Å². The molecule has 0 aliphatic rings. The topological polar surface area (TPSA) is 91.0 Å². The predicted octanol–water partition coefficient (Wildman–Crippen LogP) is 0.960. The summed E-state index contributed by atoms with van der Waals surface area (Å²) in [5.74, 6) is 0.453. The van der Waals surface area contributed by atoms with Gasteiger partial charge in [0.25, 0.3) is 0 Å². The van der Waals surface area contributed by atoms with Gasteiger partial charge >= 0.3 is 5.97 Å². The van der Waals surface area contributed by atoms with Crippen LogP contribution < -0.4 is 15.2 Å². The molecule has 1 unspecified atom stereocenters. The third-order valence-corrected chi connectivity index (χ3v) is 2.46. The summed E-state index contributed by atoms with van der Waals surface area (Å²) in [5.41, 5.74) is 5.68. The average Bonchev–Trinajstić information content (AvgIpc) is 2.46. The van der Waals surface area contributed by atoms with Crippen molar-refractivity contribution in [2.24, 2.45) is 5.73 Å². The lowest BCUT2D eigenvalue weighted by Crippen LogP contribution is -2.26. The predicted molar refractivity (Wildman–Crippen MR) is 74.1 cm³/mol. The molecule has 0 heterocycles. The van der Waals surface area contributed by atoms with E-state index < -0.39 is 12.1 Å². The normalized spacial score (nSPS) is 11.8. The number of hydrogen-bond donors (Lipinski definition) is 2. The number of ether oxygens (including phenoxy) is 3. The number of hydrogen-bond acceptors (Lipinski definition) is 6. The van der Waals surface area contributed by atoms with E-state index in [1.807, 2.05) is 6.92 Å². The van der Waals surface area contributed by atoms with E-state index >= 15 is 0 Å². The first-order chi connectivity index (χ1) is 9.62. The highest BCUT2D eigenvalue weighted by molar-refractivity contribution is 5.90. The number of carbonyl (C=O) groups excluding carboxylic acids is 1. The van der Waals surface area contributed by atoms with E-state index in [2.05, 4.69) is 0 Å². The molecular weight excluding hydrogens is 262 g/mol. The lowest BCUT2D eigenvalue weighted by atomic mass is 10.2. The second-order valence-corrected chi connectivity index (χ2v) is 4.02. The van der Waals surface area contributed by atoms with E-state index in [0.717, 1.165) is 0 Å². The van der Waals surface area contributed by atoms with Gasteiger partial charge in [-0.1, -0.05) is 0 Å². The standard InChI is InChI=1S/C14H21NO5/c1-3-18-12-6-5-10(14(17)19-4-2)7-13(12)20-9-11(16)8-15/h5-7,11,16H,3-4,8-9,15H2,1-2H3. The molecule has 1 aromatic carbocycles. The van der Waals surface area contributed by atoms with Gasteiger partial charge in [0, 0.05) is 6.54 Å². The van der Waals surface area contributed by atoms with Crippen LogP contribution in [0.25, 0.3) is 0 Å². The number of aliphatic hydroxyl groups excluding tert-OH is 1. The van der Waals surface area contributed by atoms with Gasteiger partial charge in [-0.3, -0.25) is 0 Å². The van der Waals surface area contributed by atoms with Crippen LogP contribution >= 0.6 is 0 Å². The summed E-state index contributed by atoms with van der Waals surface area (Å²) in [5, 5.41) is 9.42.